The molecule has 1 aromatic rings. The molecule has 1 fully saturated rings. The van der Waals surface area contributed by atoms with E-state index < -0.39 is 36.1 Å². The van der Waals surface area contributed by atoms with Crippen LogP contribution in [0, 0.1) is 0 Å². The van der Waals surface area contributed by atoms with Crippen LogP contribution in [0.25, 0.3) is 0 Å². The second-order valence-electron chi connectivity index (χ2n) is 3.04. The van der Waals surface area contributed by atoms with Gasteiger partial charge in [-0.15, -0.1) is 0 Å². The van der Waals surface area contributed by atoms with Crippen LogP contribution in [-0.2, 0) is 0 Å². The average molecular weight is 195 g/mol. The molecule has 1 aliphatic heterocycles. The summed E-state index contributed by atoms with van der Waals surface area (Å²) >= 11 is 0. The minimum atomic E-state index is -0.501. The van der Waals surface area contributed by atoms with Crippen molar-refractivity contribution in [2.24, 2.45) is 0 Å². The van der Waals surface area contributed by atoms with Gasteiger partial charge in [0.25, 0.3) is 5.91 Å². The molecule has 2 rings (SSSR count). The molecule has 1 heterocycles. The van der Waals surface area contributed by atoms with Crippen LogP contribution in [0.3, 0.4) is 0 Å². The number of piperazine rings is 1. The zero-order chi connectivity index (χ0) is 14.2. The van der Waals surface area contributed by atoms with Crippen LogP contribution in [0.5, 0.6) is 0 Å². The monoisotopic (exact) mass is 195 g/mol. The molecule has 0 saturated carbocycles. The molecule has 1 saturated heterocycles. The highest BCUT2D eigenvalue weighted by Crippen LogP contribution is 2.05. The topological polar surface area (TPSA) is 32.3 Å². The molecule has 3 nitrogen and oxygen atoms in total. The molecule has 1 aliphatic rings. The molecule has 1 amide bonds. The third kappa shape index (κ3) is 1.93. The molecule has 14 heavy (non-hydrogen) atoms. The van der Waals surface area contributed by atoms with Gasteiger partial charge in [-0.3, -0.25) is 4.79 Å². The Kier molecular flexibility index (Phi) is 1.50. The maximum absolute atomic E-state index is 12.3. The quantitative estimate of drug-likeness (QED) is 0.716. The van der Waals surface area contributed by atoms with E-state index in [0.29, 0.717) is 26.2 Å². The van der Waals surface area contributed by atoms with Gasteiger partial charge in [-0.2, -0.15) is 0 Å². The summed E-state index contributed by atoms with van der Waals surface area (Å²) in [6, 6.07) is -2.30. The maximum atomic E-state index is 12.3. The Morgan fingerprint density at radius 2 is 1.93 bits per heavy atom. The lowest BCUT2D eigenvalue weighted by Gasteiger charge is -2.27. The van der Waals surface area contributed by atoms with Gasteiger partial charge in [0.1, 0.15) is 0 Å². The van der Waals surface area contributed by atoms with Gasteiger partial charge in [-0.05, 0) is 12.1 Å². The Morgan fingerprint density at radius 3 is 2.57 bits per heavy atom. The summed E-state index contributed by atoms with van der Waals surface area (Å²) in [7, 11) is 0. The largest absolute Gasteiger partial charge is 0.336 e. The summed E-state index contributed by atoms with van der Waals surface area (Å²) in [4.78, 5) is 13.8. The van der Waals surface area contributed by atoms with Crippen LogP contribution in [0.2, 0.25) is 0 Å². The van der Waals surface area contributed by atoms with E-state index in [2.05, 4.69) is 5.32 Å². The van der Waals surface area contributed by atoms with Gasteiger partial charge < -0.3 is 10.2 Å². The van der Waals surface area contributed by atoms with Crippen LogP contribution in [0.15, 0.2) is 30.2 Å². The van der Waals surface area contributed by atoms with E-state index in [1.165, 1.54) is 4.90 Å². The predicted octanol–water partition coefficient (Wildman–Crippen LogP) is 0.732. The van der Waals surface area contributed by atoms with Crippen molar-refractivity contribution >= 4 is 5.91 Å². The number of hydrogen-bond acceptors (Lipinski definition) is 2. The SMILES string of the molecule is [2H]c1c([2H])c([2H])c(C(=O)N2CCNCC2)c([2H])c1[2H]. The lowest BCUT2D eigenvalue weighted by atomic mass is 10.2. The smallest absolute Gasteiger partial charge is 0.253 e. The fraction of sp³-hybridized carbons (Fsp3) is 0.364. The zero-order valence-corrected chi connectivity index (χ0v) is 7.68. The Morgan fingerprint density at radius 1 is 1.29 bits per heavy atom. The minimum absolute atomic E-state index is 0.243. The highest BCUT2D eigenvalue weighted by molar-refractivity contribution is 5.94. The number of benzene rings is 1. The van der Waals surface area contributed by atoms with E-state index in [4.69, 9.17) is 6.85 Å². The van der Waals surface area contributed by atoms with Crippen LogP contribution in [0.1, 0.15) is 17.2 Å². The van der Waals surface area contributed by atoms with Crippen molar-refractivity contribution < 1.29 is 11.6 Å². The highest BCUT2D eigenvalue weighted by Gasteiger charge is 2.16. The van der Waals surface area contributed by atoms with E-state index in [-0.39, 0.29) is 5.56 Å². The number of nitrogens with zero attached hydrogens (tertiary/aromatic N) is 1. The van der Waals surface area contributed by atoms with Gasteiger partial charge in [0.05, 0.1) is 6.85 Å². The molecule has 0 radical (unpaired) electrons. The van der Waals surface area contributed by atoms with Crippen LogP contribution in [0.4, 0.5) is 0 Å². The molecule has 0 aromatic heterocycles. The van der Waals surface area contributed by atoms with Crippen molar-refractivity contribution in [3.05, 3.63) is 35.8 Å². The molecule has 3 heteroatoms. The third-order valence-electron chi connectivity index (χ3n) is 2.12. The fourth-order valence-corrected chi connectivity index (χ4v) is 1.38. The van der Waals surface area contributed by atoms with E-state index in [1.807, 2.05) is 0 Å². The molecule has 1 N–H and O–H groups in total. The zero-order valence-electron chi connectivity index (χ0n) is 12.7. The second-order valence-corrected chi connectivity index (χ2v) is 3.04. The number of carbonyl (C=O) groups excluding carboxylic acids is 1. The summed E-state index contributed by atoms with van der Waals surface area (Å²) < 4.78 is 38.1. The van der Waals surface area contributed by atoms with Crippen molar-refractivity contribution in [1.82, 2.24) is 10.2 Å². The molecule has 1 aromatic carbocycles. The lowest BCUT2D eigenvalue weighted by Crippen LogP contribution is -2.46. The summed E-state index contributed by atoms with van der Waals surface area (Å²) in [5.74, 6) is -0.501. The fourth-order valence-electron chi connectivity index (χ4n) is 1.38. The summed E-state index contributed by atoms with van der Waals surface area (Å²) in [6.45, 7) is 2.23. The molecular formula is C11H14N2O. The van der Waals surface area contributed by atoms with Crippen molar-refractivity contribution in [1.29, 1.82) is 0 Å². The molecule has 0 aliphatic carbocycles. The molecule has 0 spiro atoms. The normalized spacial score (nSPS) is 21.7. The first-order valence-corrected chi connectivity index (χ1v) is 4.52. The van der Waals surface area contributed by atoms with Crippen molar-refractivity contribution in [3.63, 3.8) is 0 Å². The molecule has 0 bridgehead atoms. The van der Waals surface area contributed by atoms with E-state index >= 15 is 0 Å². The van der Waals surface area contributed by atoms with Gasteiger partial charge in [0.15, 0.2) is 0 Å². The lowest BCUT2D eigenvalue weighted by molar-refractivity contribution is 0.0736. The van der Waals surface area contributed by atoms with Gasteiger partial charge in [0.2, 0.25) is 0 Å². The Labute approximate surface area is 90.7 Å². The summed E-state index contributed by atoms with van der Waals surface area (Å²) in [5.41, 5.74) is -0.243. The standard InChI is InChI=1S/C11H14N2O/c14-11(10-4-2-1-3-5-10)13-8-6-12-7-9-13/h1-5,12H,6-9H2/i1D,2D,3D,4D,5D. The van der Waals surface area contributed by atoms with Crippen LogP contribution in [-0.4, -0.2) is 37.0 Å². The first kappa shape index (κ1) is 4.94. The van der Waals surface area contributed by atoms with Gasteiger partial charge in [-0.1, -0.05) is 18.1 Å². The molecular weight excluding hydrogens is 176 g/mol. The number of nitrogens with one attached hydrogen (secondary N) is 1. The number of carbonyl (C=O) groups is 1. The van der Waals surface area contributed by atoms with Crippen LogP contribution >= 0.6 is 0 Å². The first-order valence-electron chi connectivity index (χ1n) is 7.02. The average Bonchev–Trinajstić information content (AvgIpc) is 2.44. The summed E-state index contributed by atoms with van der Waals surface area (Å²) in [5, 5.41) is 3.09. The van der Waals surface area contributed by atoms with Crippen molar-refractivity contribution in [2.45, 2.75) is 0 Å². The summed E-state index contributed by atoms with van der Waals surface area (Å²) in [6.07, 6.45) is 0. The van der Waals surface area contributed by atoms with Gasteiger partial charge >= 0.3 is 0 Å². The second kappa shape index (κ2) is 4.24. The van der Waals surface area contributed by atoms with Crippen molar-refractivity contribution in [3.8, 4) is 0 Å². The molecule has 0 atom stereocenters. The molecule has 0 unspecified atom stereocenters. The Hall–Kier alpha value is -1.35. The van der Waals surface area contributed by atoms with Crippen LogP contribution < -0.4 is 5.32 Å². The first-order chi connectivity index (χ1) is 8.95. The number of hydrogen-bond donors (Lipinski definition) is 1. The predicted molar refractivity (Wildman–Crippen MR) is 55.2 cm³/mol. The minimum Gasteiger partial charge on any atom is -0.336 e. The van der Waals surface area contributed by atoms with Crippen molar-refractivity contribution in [2.75, 3.05) is 26.2 Å². The maximum Gasteiger partial charge on any atom is 0.253 e. The Balaban J connectivity index is 2.47. The molecule has 74 valence electrons. The number of amides is 1. The van der Waals surface area contributed by atoms with E-state index in [1.54, 1.807) is 0 Å². The Bertz CT molecular complexity index is 499. The third-order valence-corrected chi connectivity index (χ3v) is 2.12. The van der Waals surface area contributed by atoms with E-state index in [9.17, 15) is 4.79 Å². The highest BCUT2D eigenvalue weighted by atomic mass is 16.2. The van der Waals surface area contributed by atoms with Gasteiger partial charge in [0, 0.05) is 31.7 Å². The number of rotatable bonds is 1. The van der Waals surface area contributed by atoms with Gasteiger partial charge in [-0.25, -0.2) is 0 Å². The van der Waals surface area contributed by atoms with E-state index in [0.717, 1.165) is 0 Å².